The van der Waals surface area contributed by atoms with Crippen LogP contribution in [0.3, 0.4) is 0 Å². The fourth-order valence-electron chi connectivity index (χ4n) is 1.16. The first-order valence-electron chi connectivity index (χ1n) is 4.24. The lowest BCUT2D eigenvalue weighted by Crippen LogP contribution is -2.19. The summed E-state index contributed by atoms with van der Waals surface area (Å²) in [5.41, 5.74) is 1.51. The summed E-state index contributed by atoms with van der Waals surface area (Å²) in [6, 6.07) is 5.25. The fraction of sp³-hybridized carbons (Fsp3) is 0.400. The average Bonchev–Trinajstić information content (AvgIpc) is 2.15. The van der Waals surface area contributed by atoms with Crippen molar-refractivity contribution in [3.8, 4) is 0 Å². The normalized spacial score (nSPS) is 15.2. The highest BCUT2D eigenvalue weighted by atomic mass is 35.5. The third-order valence-electron chi connectivity index (χ3n) is 2.00. The monoisotopic (exact) mass is 234 g/mol. The van der Waals surface area contributed by atoms with Gasteiger partial charge in [0.25, 0.3) is 0 Å². The van der Waals surface area contributed by atoms with Crippen molar-refractivity contribution in [1.82, 2.24) is 0 Å². The number of aryl methyl sites for hydroxylation is 1. The molecule has 2 N–H and O–H groups in total. The Morgan fingerprint density at radius 1 is 1.36 bits per heavy atom. The molecule has 1 aromatic carbocycles. The van der Waals surface area contributed by atoms with Crippen LogP contribution in [-0.4, -0.2) is 22.2 Å². The van der Waals surface area contributed by atoms with Crippen molar-refractivity contribution in [2.45, 2.75) is 19.1 Å². The minimum Gasteiger partial charge on any atom is -0.389 e. The van der Waals surface area contributed by atoms with Gasteiger partial charge in [0.2, 0.25) is 0 Å². The van der Waals surface area contributed by atoms with E-state index >= 15 is 0 Å². The van der Waals surface area contributed by atoms with Crippen molar-refractivity contribution >= 4 is 23.2 Å². The fourth-order valence-corrected chi connectivity index (χ4v) is 1.68. The summed E-state index contributed by atoms with van der Waals surface area (Å²) in [4.78, 5) is 0. The third-order valence-corrected chi connectivity index (χ3v) is 2.64. The number of aliphatic hydroxyl groups is 2. The van der Waals surface area contributed by atoms with Gasteiger partial charge in [-0.05, 0) is 18.6 Å². The number of hydrogen-bond acceptors (Lipinski definition) is 2. The smallest absolute Gasteiger partial charge is 0.107 e. The third kappa shape index (κ3) is 2.61. The lowest BCUT2D eigenvalue weighted by molar-refractivity contribution is 0.0328. The minimum absolute atomic E-state index is 0.0224. The molecule has 0 aromatic heterocycles. The van der Waals surface area contributed by atoms with E-state index < -0.39 is 12.2 Å². The number of rotatable bonds is 3. The van der Waals surface area contributed by atoms with E-state index in [1.807, 2.05) is 13.0 Å². The van der Waals surface area contributed by atoms with Gasteiger partial charge in [-0.2, -0.15) is 0 Å². The van der Waals surface area contributed by atoms with Gasteiger partial charge in [0.15, 0.2) is 0 Å². The van der Waals surface area contributed by atoms with Crippen LogP contribution >= 0.6 is 23.2 Å². The summed E-state index contributed by atoms with van der Waals surface area (Å²) >= 11 is 11.3. The highest BCUT2D eigenvalue weighted by molar-refractivity contribution is 6.31. The Hall–Kier alpha value is -0.280. The van der Waals surface area contributed by atoms with Crippen LogP contribution in [0.5, 0.6) is 0 Å². The first-order chi connectivity index (χ1) is 6.56. The first kappa shape index (κ1) is 11.8. The van der Waals surface area contributed by atoms with Crippen LogP contribution in [0.15, 0.2) is 18.2 Å². The highest BCUT2D eigenvalue weighted by Gasteiger charge is 2.19. The molecule has 0 aliphatic heterocycles. The number of halogens is 2. The van der Waals surface area contributed by atoms with E-state index in [0.29, 0.717) is 10.6 Å². The topological polar surface area (TPSA) is 40.5 Å². The molecule has 14 heavy (non-hydrogen) atoms. The van der Waals surface area contributed by atoms with E-state index in [1.54, 1.807) is 12.1 Å². The quantitative estimate of drug-likeness (QED) is 0.789. The second-order valence-corrected chi connectivity index (χ2v) is 3.91. The van der Waals surface area contributed by atoms with Gasteiger partial charge in [0.05, 0.1) is 12.0 Å². The van der Waals surface area contributed by atoms with Crippen LogP contribution in [0.1, 0.15) is 17.2 Å². The van der Waals surface area contributed by atoms with E-state index in [0.717, 1.165) is 5.56 Å². The molecule has 2 unspecified atom stereocenters. The number of hydrogen-bond donors (Lipinski definition) is 2. The molecule has 2 nitrogen and oxygen atoms in total. The van der Waals surface area contributed by atoms with Crippen LogP contribution in [0, 0.1) is 6.92 Å². The van der Waals surface area contributed by atoms with Gasteiger partial charge >= 0.3 is 0 Å². The molecule has 0 fully saturated rings. The lowest BCUT2D eigenvalue weighted by Gasteiger charge is -2.17. The van der Waals surface area contributed by atoms with Gasteiger partial charge in [-0.15, -0.1) is 11.6 Å². The van der Waals surface area contributed by atoms with Crippen molar-refractivity contribution in [3.63, 3.8) is 0 Å². The minimum atomic E-state index is -1.03. The molecule has 1 aromatic rings. The molecular formula is C10H12Cl2O2. The number of benzene rings is 1. The summed E-state index contributed by atoms with van der Waals surface area (Å²) in [5, 5.41) is 19.4. The Morgan fingerprint density at radius 2 is 2.00 bits per heavy atom. The second-order valence-electron chi connectivity index (χ2n) is 3.19. The molecule has 0 heterocycles. The molecule has 0 saturated carbocycles. The molecule has 0 saturated heterocycles. The van der Waals surface area contributed by atoms with Crippen molar-refractivity contribution in [2.75, 3.05) is 5.88 Å². The molecule has 0 aliphatic rings. The zero-order valence-electron chi connectivity index (χ0n) is 7.74. The van der Waals surface area contributed by atoms with Gasteiger partial charge in [0.1, 0.15) is 6.10 Å². The molecule has 1 rings (SSSR count). The van der Waals surface area contributed by atoms with Crippen molar-refractivity contribution in [3.05, 3.63) is 34.3 Å². The number of alkyl halides is 1. The molecule has 0 aliphatic carbocycles. The second kappa shape index (κ2) is 4.99. The van der Waals surface area contributed by atoms with Gasteiger partial charge in [-0.1, -0.05) is 23.7 Å². The largest absolute Gasteiger partial charge is 0.389 e. The maximum absolute atomic E-state index is 9.64. The number of aliphatic hydroxyl groups excluding tert-OH is 2. The van der Waals surface area contributed by atoms with E-state index in [1.165, 1.54) is 0 Å². The molecule has 0 radical (unpaired) electrons. The summed E-state index contributed by atoms with van der Waals surface area (Å²) in [6.07, 6.45) is -2.02. The van der Waals surface area contributed by atoms with E-state index in [-0.39, 0.29) is 5.88 Å². The maximum atomic E-state index is 9.64. The highest BCUT2D eigenvalue weighted by Crippen LogP contribution is 2.26. The Kier molecular flexibility index (Phi) is 4.20. The predicted octanol–water partition coefficient (Wildman–Crippen LogP) is 2.28. The Bertz CT molecular complexity index is 315. The Labute approximate surface area is 93.1 Å². The molecule has 2 atom stereocenters. The predicted molar refractivity (Wildman–Crippen MR) is 57.9 cm³/mol. The van der Waals surface area contributed by atoms with E-state index in [4.69, 9.17) is 23.2 Å². The Balaban J connectivity index is 2.95. The van der Waals surface area contributed by atoms with Crippen molar-refractivity contribution in [2.24, 2.45) is 0 Å². The van der Waals surface area contributed by atoms with Crippen LogP contribution < -0.4 is 0 Å². The first-order valence-corrected chi connectivity index (χ1v) is 5.15. The molecule has 0 amide bonds. The summed E-state index contributed by atoms with van der Waals surface area (Å²) in [7, 11) is 0. The zero-order valence-corrected chi connectivity index (χ0v) is 9.26. The lowest BCUT2D eigenvalue weighted by atomic mass is 10.0. The van der Waals surface area contributed by atoms with Crippen LogP contribution in [0.4, 0.5) is 0 Å². The van der Waals surface area contributed by atoms with Crippen molar-refractivity contribution in [1.29, 1.82) is 0 Å². The summed E-state index contributed by atoms with van der Waals surface area (Å²) in [5.74, 6) is -0.0224. The molecule has 78 valence electrons. The average molecular weight is 235 g/mol. The summed E-state index contributed by atoms with van der Waals surface area (Å²) in [6.45, 7) is 1.90. The zero-order chi connectivity index (χ0) is 10.7. The van der Waals surface area contributed by atoms with Gasteiger partial charge in [-0.25, -0.2) is 0 Å². The van der Waals surface area contributed by atoms with Crippen molar-refractivity contribution < 1.29 is 10.2 Å². The molecule has 4 heteroatoms. The van der Waals surface area contributed by atoms with E-state index in [2.05, 4.69) is 0 Å². The van der Waals surface area contributed by atoms with Crippen LogP contribution in [0.2, 0.25) is 5.02 Å². The standard InChI is InChI=1S/C10H12Cl2O2/c1-6-2-3-7(8(12)4-6)10(14)9(13)5-11/h2-4,9-10,13-14H,5H2,1H3. The van der Waals surface area contributed by atoms with Crippen LogP contribution in [0.25, 0.3) is 0 Å². The molecule has 0 bridgehead atoms. The SMILES string of the molecule is Cc1ccc(C(O)C(O)CCl)c(Cl)c1. The Morgan fingerprint density at radius 3 is 2.50 bits per heavy atom. The van der Waals surface area contributed by atoms with Gasteiger partial charge in [0, 0.05) is 10.6 Å². The molecule has 0 spiro atoms. The van der Waals surface area contributed by atoms with Gasteiger partial charge in [-0.3, -0.25) is 0 Å². The molecular weight excluding hydrogens is 223 g/mol. The van der Waals surface area contributed by atoms with Gasteiger partial charge < -0.3 is 10.2 Å². The summed E-state index contributed by atoms with van der Waals surface area (Å²) < 4.78 is 0. The maximum Gasteiger partial charge on any atom is 0.107 e. The van der Waals surface area contributed by atoms with Crippen LogP contribution in [-0.2, 0) is 0 Å². The van der Waals surface area contributed by atoms with E-state index in [9.17, 15) is 10.2 Å².